The molecule has 2 aromatic rings. The fourth-order valence-electron chi connectivity index (χ4n) is 3.31. The van der Waals surface area contributed by atoms with Crippen LogP contribution < -0.4 is 15.5 Å². The zero-order chi connectivity index (χ0) is 23.5. The Hall–Kier alpha value is -3.45. The SMILES string of the molecule is CNC(=O)OC1(F)CCN(c2nccc(C(F)(F)F)n2)C(Cc2cc(C(=O)NC)no2)C1. The third-order valence-electron chi connectivity index (χ3n) is 4.83. The van der Waals surface area contributed by atoms with Crippen molar-refractivity contribution < 1.29 is 36.4 Å². The minimum atomic E-state index is -4.69. The van der Waals surface area contributed by atoms with Crippen LogP contribution in [0.25, 0.3) is 0 Å². The van der Waals surface area contributed by atoms with Crippen LogP contribution in [-0.4, -0.2) is 59.7 Å². The lowest BCUT2D eigenvalue weighted by molar-refractivity contribution is -0.141. The molecule has 0 bridgehead atoms. The molecular formula is C18H20F4N6O4. The number of ether oxygens (including phenoxy) is 1. The number of carbonyl (C=O) groups excluding carboxylic acids is 2. The van der Waals surface area contributed by atoms with E-state index in [1.807, 2.05) is 0 Å². The Bertz CT molecular complexity index is 984. The maximum absolute atomic E-state index is 15.3. The normalized spacial score (nSPS) is 21.2. The number of halogens is 4. The molecule has 1 aliphatic heterocycles. The summed E-state index contributed by atoms with van der Waals surface area (Å²) >= 11 is 0. The van der Waals surface area contributed by atoms with E-state index >= 15 is 4.39 Å². The highest BCUT2D eigenvalue weighted by atomic mass is 19.4. The number of nitrogens with zero attached hydrogens (tertiary/aromatic N) is 4. The molecule has 1 fully saturated rings. The minimum Gasteiger partial charge on any atom is -0.412 e. The van der Waals surface area contributed by atoms with E-state index in [4.69, 9.17) is 9.26 Å². The van der Waals surface area contributed by atoms with Gasteiger partial charge in [-0.05, 0) is 6.07 Å². The molecule has 14 heteroatoms. The molecule has 0 aliphatic carbocycles. The van der Waals surface area contributed by atoms with Gasteiger partial charge in [0.05, 0.1) is 0 Å². The Morgan fingerprint density at radius 3 is 2.75 bits per heavy atom. The van der Waals surface area contributed by atoms with Crippen molar-refractivity contribution >= 4 is 17.9 Å². The van der Waals surface area contributed by atoms with Gasteiger partial charge in [-0.3, -0.25) is 4.79 Å². The van der Waals surface area contributed by atoms with Crippen LogP contribution in [0, 0.1) is 0 Å². The fraction of sp³-hybridized carbons (Fsp3) is 0.500. The smallest absolute Gasteiger partial charge is 0.412 e. The Kier molecular flexibility index (Phi) is 6.50. The van der Waals surface area contributed by atoms with E-state index in [0.29, 0.717) is 0 Å². The maximum Gasteiger partial charge on any atom is 0.433 e. The van der Waals surface area contributed by atoms with Gasteiger partial charge < -0.3 is 24.8 Å². The predicted molar refractivity (Wildman–Crippen MR) is 100 cm³/mol. The third kappa shape index (κ3) is 5.23. The van der Waals surface area contributed by atoms with E-state index in [2.05, 4.69) is 25.8 Å². The predicted octanol–water partition coefficient (Wildman–Crippen LogP) is 2.08. The molecule has 3 heterocycles. The number of piperidine rings is 1. The Labute approximate surface area is 179 Å². The van der Waals surface area contributed by atoms with Gasteiger partial charge in [0.2, 0.25) is 5.95 Å². The topological polar surface area (TPSA) is 122 Å². The van der Waals surface area contributed by atoms with E-state index in [1.165, 1.54) is 25.1 Å². The van der Waals surface area contributed by atoms with Crippen LogP contribution in [0.5, 0.6) is 0 Å². The minimum absolute atomic E-state index is 0.0201. The molecule has 2 N–H and O–H groups in total. The number of anilines is 1. The second kappa shape index (κ2) is 8.96. The van der Waals surface area contributed by atoms with Crippen LogP contribution in [0.3, 0.4) is 0 Å². The molecule has 3 rings (SSSR count). The molecule has 2 amide bonds. The summed E-state index contributed by atoms with van der Waals surface area (Å²) in [5, 5.41) is 8.15. The number of alkyl carbamates (subject to hydrolysis) is 1. The molecule has 2 atom stereocenters. The maximum atomic E-state index is 15.3. The van der Waals surface area contributed by atoms with E-state index in [0.717, 1.165) is 12.3 Å². The van der Waals surface area contributed by atoms with Crippen molar-refractivity contribution in [1.82, 2.24) is 25.8 Å². The van der Waals surface area contributed by atoms with Crippen molar-refractivity contribution in [3.8, 4) is 0 Å². The second-order valence-electron chi connectivity index (χ2n) is 7.03. The van der Waals surface area contributed by atoms with Gasteiger partial charge in [0.25, 0.3) is 11.8 Å². The molecule has 0 spiro atoms. The van der Waals surface area contributed by atoms with Crippen LogP contribution in [0.15, 0.2) is 22.9 Å². The summed E-state index contributed by atoms with van der Waals surface area (Å²) in [6, 6.07) is 1.19. The number of rotatable bonds is 5. The Balaban J connectivity index is 1.90. The van der Waals surface area contributed by atoms with Crippen molar-refractivity contribution in [2.75, 3.05) is 25.5 Å². The monoisotopic (exact) mass is 460 g/mol. The molecule has 0 aromatic carbocycles. The first-order valence-electron chi connectivity index (χ1n) is 9.49. The van der Waals surface area contributed by atoms with Crippen LogP contribution in [0.1, 0.15) is 34.8 Å². The molecule has 2 aromatic heterocycles. The van der Waals surface area contributed by atoms with E-state index in [1.54, 1.807) is 0 Å². The molecule has 0 saturated carbocycles. The number of amides is 2. The van der Waals surface area contributed by atoms with Gasteiger partial charge in [-0.25, -0.2) is 14.8 Å². The molecule has 1 saturated heterocycles. The zero-order valence-corrected chi connectivity index (χ0v) is 17.1. The molecular weight excluding hydrogens is 440 g/mol. The number of aromatic nitrogens is 3. The lowest BCUT2D eigenvalue weighted by Gasteiger charge is -2.41. The molecule has 2 unspecified atom stereocenters. The quantitative estimate of drug-likeness (QED) is 0.651. The van der Waals surface area contributed by atoms with Gasteiger partial charge in [0.15, 0.2) is 5.69 Å². The Morgan fingerprint density at radius 1 is 1.34 bits per heavy atom. The zero-order valence-electron chi connectivity index (χ0n) is 17.1. The summed E-state index contributed by atoms with van der Waals surface area (Å²) in [6.07, 6.45) is -5.52. The van der Waals surface area contributed by atoms with Crippen molar-refractivity contribution in [2.45, 2.75) is 37.3 Å². The first-order valence-corrected chi connectivity index (χ1v) is 9.49. The first kappa shape index (κ1) is 23.2. The van der Waals surface area contributed by atoms with Gasteiger partial charge in [-0.2, -0.15) is 17.6 Å². The summed E-state index contributed by atoms with van der Waals surface area (Å²) in [5.41, 5.74) is -1.17. The largest absolute Gasteiger partial charge is 0.433 e. The van der Waals surface area contributed by atoms with Crippen molar-refractivity contribution in [3.63, 3.8) is 0 Å². The van der Waals surface area contributed by atoms with E-state index in [9.17, 15) is 22.8 Å². The fourth-order valence-corrected chi connectivity index (χ4v) is 3.31. The molecule has 174 valence electrons. The highest BCUT2D eigenvalue weighted by Gasteiger charge is 2.45. The molecule has 1 aliphatic rings. The summed E-state index contributed by atoms with van der Waals surface area (Å²) in [4.78, 5) is 32.1. The van der Waals surface area contributed by atoms with Crippen LogP contribution in [0.2, 0.25) is 0 Å². The van der Waals surface area contributed by atoms with Crippen LogP contribution >= 0.6 is 0 Å². The number of hydrogen-bond donors (Lipinski definition) is 2. The molecule has 10 nitrogen and oxygen atoms in total. The van der Waals surface area contributed by atoms with Gasteiger partial charge >= 0.3 is 12.3 Å². The number of carbonyl (C=O) groups is 2. The number of alkyl halides is 4. The van der Waals surface area contributed by atoms with Crippen molar-refractivity contribution in [3.05, 3.63) is 35.5 Å². The molecule has 0 radical (unpaired) electrons. The molecule has 32 heavy (non-hydrogen) atoms. The van der Waals surface area contributed by atoms with E-state index < -0.39 is 42.2 Å². The number of hydrogen-bond acceptors (Lipinski definition) is 8. The second-order valence-corrected chi connectivity index (χ2v) is 7.03. The van der Waals surface area contributed by atoms with Crippen molar-refractivity contribution in [1.29, 1.82) is 0 Å². The van der Waals surface area contributed by atoms with Crippen LogP contribution in [-0.2, 0) is 17.3 Å². The summed E-state index contributed by atoms with van der Waals surface area (Å²) < 4.78 is 64.5. The third-order valence-corrected chi connectivity index (χ3v) is 4.83. The van der Waals surface area contributed by atoms with Gasteiger partial charge in [-0.15, -0.1) is 0 Å². The van der Waals surface area contributed by atoms with Gasteiger partial charge in [-0.1, -0.05) is 5.16 Å². The Morgan fingerprint density at radius 2 is 2.09 bits per heavy atom. The summed E-state index contributed by atoms with van der Waals surface area (Å²) in [7, 11) is 2.67. The van der Waals surface area contributed by atoms with Gasteiger partial charge in [0.1, 0.15) is 11.5 Å². The summed E-state index contributed by atoms with van der Waals surface area (Å²) in [6.45, 7) is -0.143. The lowest BCUT2D eigenvalue weighted by atomic mass is 9.94. The average Bonchev–Trinajstić information content (AvgIpc) is 3.21. The lowest BCUT2D eigenvalue weighted by Crippen LogP contribution is -2.52. The first-order chi connectivity index (χ1) is 15.0. The van der Waals surface area contributed by atoms with E-state index in [-0.39, 0.29) is 36.8 Å². The average molecular weight is 460 g/mol. The number of nitrogens with one attached hydrogen (secondary N) is 2. The van der Waals surface area contributed by atoms with Crippen LogP contribution in [0.4, 0.5) is 28.3 Å². The van der Waals surface area contributed by atoms with Crippen molar-refractivity contribution in [2.24, 2.45) is 0 Å². The van der Waals surface area contributed by atoms with Gasteiger partial charge in [0, 0.05) is 58.2 Å². The highest BCUT2D eigenvalue weighted by molar-refractivity contribution is 5.91. The standard InChI is InChI=1S/C18H20F4N6O4/c1-23-14(29)12-8-11(32-27-12)7-10-9-17(19,31-16(30)24-2)4-6-28(10)15-25-5-3-13(26-15)18(20,21)22/h3,5,8,10H,4,6-7,9H2,1-2H3,(H,23,29)(H,24,30). The highest BCUT2D eigenvalue weighted by Crippen LogP contribution is 2.36. The summed E-state index contributed by atoms with van der Waals surface area (Å²) in [5.74, 6) is -2.98.